The van der Waals surface area contributed by atoms with Crippen LogP contribution in [0.3, 0.4) is 0 Å². The highest BCUT2D eigenvalue weighted by Gasteiger charge is 2.29. The van der Waals surface area contributed by atoms with E-state index in [0.29, 0.717) is 30.0 Å². The van der Waals surface area contributed by atoms with Crippen LogP contribution in [-0.2, 0) is 11.2 Å². The molecule has 1 atom stereocenters. The maximum atomic E-state index is 13.2. The molecule has 3 aromatic rings. The van der Waals surface area contributed by atoms with E-state index in [1.807, 2.05) is 31.3 Å². The Balaban J connectivity index is 1.49. The minimum atomic E-state index is -0.242. The Morgan fingerprint density at radius 3 is 2.74 bits per heavy atom. The van der Waals surface area contributed by atoms with Gasteiger partial charge in [0, 0.05) is 39.6 Å². The van der Waals surface area contributed by atoms with Crippen LogP contribution in [0.15, 0.2) is 53.6 Å². The Kier molecular flexibility index (Phi) is 7.75. The fraction of sp³-hybridized carbons (Fsp3) is 0.385. The van der Waals surface area contributed by atoms with E-state index in [1.54, 1.807) is 41.2 Å². The van der Waals surface area contributed by atoms with Crippen LogP contribution in [0.1, 0.15) is 35.2 Å². The number of nitriles is 1. The van der Waals surface area contributed by atoms with Crippen LogP contribution in [0.25, 0.3) is 16.9 Å². The van der Waals surface area contributed by atoms with Crippen molar-refractivity contribution in [3.05, 3.63) is 70.3 Å². The van der Waals surface area contributed by atoms with Crippen molar-refractivity contribution in [3.8, 4) is 23.0 Å². The summed E-state index contributed by atoms with van der Waals surface area (Å²) in [5.41, 5.74) is 2.41. The van der Waals surface area contributed by atoms with Gasteiger partial charge in [-0.05, 0) is 42.5 Å². The number of hydrogen-bond acceptors (Lipinski definition) is 6. The molecule has 0 spiro atoms. The molecule has 1 fully saturated rings. The first-order valence-corrected chi connectivity index (χ1v) is 11.8. The second-order valence-electron chi connectivity index (χ2n) is 8.71. The van der Waals surface area contributed by atoms with Gasteiger partial charge in [0.2, 0.25) is 0 Å². The van der Waals surface area contributed by atoms with Crippen molar-refractivity contribution >= 4 is 5.91 Å². The number of carbonyl (C=O) groups excluding carboxylic acids is 1. The molecular weight excluding hydrogens is 444 g/mol. The summed E-state index contributed by atoms with van der Waals surface area (Å²) in [6.07, 6.45) is 6.75. The van der Waals surface area contributed by atoms with Crippen LogP contribution in [0.5, 0.6) is 0 Å². The number of methoxy groups -OCH3 is 1. The van der Waals surface area contributed by atoms with Crippen LogP contribution in [-0.4, -0.2) is 70.5 Å². The molecule has 35 heavy (non-hydrogen) atoms. The third kappa shape index (κ3) is 5.50. The predicted molar refractivity (Wildman–Crippen MR) is 132 cm³/mol. The molecule has 9 nitrogen and oxygen atoms in total. The van der Waals surface area contributed by atoms with Crippen molar-refractivity contribution in [1.29, 1.82) is 5.26 Å². The number of aromatic nitrogens is 3. The molecule has 1 aliphatic rings. The van der Waals surface area contributed by atoms with E-state index in [0.717, 1.165) is 43.5 Å². The molecule has 1 aliphatic heterocycles. The lowest BCUT2D eigenvalue weighted by molar-refractivity contribution is 0.0135. The lowest BCUT2D eigenvalue weighted by Gasteiger charge is -2.40. The van der Waals surface area contributed by atoms with Crippen LogP contribution in [0, 0.1) is 11.3 Å². The molecule has 2 aromatic heterocycles. The number of piperidine rings is 1. The maximum Gasteiger partial charge on any atom is 0.272 e. The summed E-state index contributed by atoms with van der Waals surface area (Å²) in [7, 11) is 3.53. The Hall–Kier alpha value is -3.74. The normalized spacial score (nSPS) is 16.1. The average molecular weight is 475 g/mol. The SMILES string of the molecule is COCCN1CCCCC1N(C)C(=O)c1ccc(-n2cc(-c3ccc(CC#N)cc3)c(=O)[nH]2)nc1. The molecule has 1 amide bonds. The van der Waals surface area contributed by atoms with E-state index in [9.17, 15) is 9.59 Å². The smallest absolute Gasteiger partial charge is 0.272 e. The van der Waals surface area contributed by atoms with E-state index < -0.39 is 0 Å². The number of H-pyrrole nitrogens is 1. The molecule has 0 saturated carbocycles. The van der Waals surface area contributed by atoms with Gasteiger partial charge in [-0.3, -0.25) is 19.6 Å². The highest BCUT2D eigenvalue weighted by atomic mass is 16.5. The molecule has 1 saturated heterocycles. The lowest BCUT2D eigenvalue weighted by Crippen LogP contribution is -2.52. The van der Waals surface area contributed by atoms with Crippen molar-refractivity contribution < 1.29 is 9.53 Å². The van der Waals surface area contributed by atoms with Crippen molar-refractivity contribution in [3.63, 3.8) is 0 Å². The second-order valence-corrected chi connectivity index (χ2v) is 8.71. The van der Waals surface area contributed by atoms with Crippen LogP contribution in [0.2, 0.25) is 0 Å². The first-order chi connectivity index (χ1) is 17.0. The highest BCUT2D eigenvalue weighted by molar-refractivity contribution is 5.94. The number of benzene rings is 1. The molecule has 0 radical (unpaired) electrons. The summed E-state index contributed by atoms with van der Waals surface area (Å²) in [5.74, 6) is 0.422. The van der Waals surface area contributed by atoms with Crippen LogP contribution < -0.4 is 5.56 Å². The first-order valence-electron chi connectivity index (χ1n) is 11.8. The number of hydrogen-bond donors (Lipinski definition) is 1. The zero-order valence-electron chi connectivity index (χ0n) is 20.1. The molecule has 0 bridgehead atoms. The third-order valence-electron chi connectivity index (χ3n) is 6.44. The zero-order valence-corrected chi connectivity index (χ0v) is 20.1. The quantitative estimate of drug-likeness (QED) is 0.538. The van der Waals surface area contributed by atoms with Crippen molar-refractivity contribution in [2.45, 2.75) is 31.8 Å². The molecule has 9 heteroatoms. The summed E-state index contributed by atoms with van der Waals surface area (Å²) in [6, 6.07) is 12.9. The van der Waals surface area contributed by atoms with Gasteiger partial charge < -0.3 is 9.64 Å². The molecule has 4 rings (SSSR count). The summed E-state index contributed by atoms with van der Waals surface area (Å²) >= 11 is 0. The molecule has 3 heterocycles. The largest absolute Gasteiger partial charge is 0.383 e. The standard InChI is InChI=1S/C26H30N6O3/c1-30(24-5-3-4-14-31(24)15-16-35-2)26(34)21-10-11-23(28-17-21)32-18-22(25(33)29-32)20-8-6-19(7-9-20)12-13-27/h6-11,17-18,24H,3-5,12,14-16H2,1-2H3,(H,29,33). The van der Waals surface area contributed by atoms with E-state index in [-0.39, 0.29) is 17.6 Å². The number of carbonyl (C=O) groups is 1. The van der Waals surface area contributed by atoms with Gasteiger partial charge in [-0.1, -0.05) is 24.3 Å². The topological polar surface area (TPSA) is 107 Å². The van der Waals surface area contributed by atoms with Crippen LogP contribution in [0.4, 0.5) is 0 Å². The number of aromatic amines is 1. The van der Waals surface area contributed by atoms with Crippen LogP contribution >= 0.6 is 0 Å². The molecule has 0 aliphatic carbocycles. The van der Waals surface area contributed by atoms with Gasteiger partial charge >= 0.3 is 0 Å². The number of rotatable bonds is 8. The second kappa shape index (κ2) is 11.1. The lowest BCUT2D eigenvalue weighted by atomic mass is 10.1. The number of amides is 1. The monoisotopic (exact) mass is 474 g/mol. The number of ether oxygens (including phenoxy) is 1. The van der Waals surface area contributed by atoms with E-state index in [2.05, 4.69) is 21.1 Å². The molecule has 1 unspecified atom stereocenters. The third-order valence-corrected chi connectivity index (χ3v) is 6.44. The Bertz CT molecular complexity index is 1240. The van der Waals surface area contributed by atoms with E-state index >= 15 is 0 Å². The summed E-state index contributed by atoms with van der Waals surface area (Å²) in [4.78, 5) is 34.2. The average Bonchev–Trinajstić information content (AvgIpc) is 3.29. The van der Waals surface area contributed by atoms with Gasteiger partial charge in [-0.2, -0.15) is 5.26 Å². The molecule has 1 N–H and O–H groups in total. The Morgan fingerprint density at radius 1 is 1.26 bits per heavy atom. The van der Waals surface area contributed by atoms with E-state index in [4.69, 9.17) is 10.00 Å². The Labute approximate surface area is 204 Å². The van der Waals surface area contributed by atoms with Crippen molar-refractivity contribution in [2.24, 2.45) is 0 Å². The van der Waals surface area contributed by atoms with Gasteiger partial charge in [0.05, 0.1) is 36.4 Å². The molecule has 182 valence electrons. The number of likely N-dealkylation sites (tertiary alicyclic amines) is 1. The minimum absolute atomic E-state index is 0.0361. The number of pyridine rings is 1. The first kappa shape index (κ1) is 24.4. The zero-order chi connectivity index (χ0) is 24.8. The summed E-state index contributed by atoms with van der Waals surface area (Å²) in [6.45, 7) is 2.38. The van der Waals surface area contributed by atoms with Gasteiger partial charge in [0.25, 0.3) is 11.5 Å². The van der Waals surface area contributed by atoms with Gasteiger partial charge in [-0.15, -0.1) is 0 Å². The Morgan fingerprint density at radius 2 is 2.06 bits per heavy atom. The number of nitrogens with zero attached hydrogens (tertiary/aromatic N) is 5. The highest BCUT2D eigenvalue weighted by Crippen LogP contribution is 2.21. The van der Waals surface area contributed by atoms with Crippen molar-refractivity contribution in [2.75, 3.05) is 33.9 Å². The van der Waals surface area contributed by atoms with E-state index in [1.165, 1.54) is 0 Å². The fourth-order valence-corrected chi connectivity index (χ4v) is 4.49. The van der Waals surface area contributed by atoms with Crippen molar-refractivity contribution in [1.82, 2.24) is 24.6 Å². The maximum absolute atomic E-state index is 13.2. The summed E-state index contributed by atoms with van der Waals surface area (Å²) < 4.78 is 6.78. The predicted octanol–water partition coefficient (Wildman–Crippen LogP) is 2.82. The minimum Gasteiger partial charge on any atom is -0.383 e. The molecule has 1 aromatic carbocycles. The van der Waals surface area contributed by atoms with Gasteiger partial charge in [-0.25, -0.2) is 9.67 Å². The number of nitrogens with one attached hydrogen (secondary N) is 1. The van der Waals surface area contributed by atoms with Gasteiger partial charge in [0.15, 0.2) is 5.82 Å². The van der Waals surface area contributed by atoms with Gasteiger partial charge in [0.1, 0.15) is 0 Å². The molecular formula is C26H30N6O3. The fourth-order valence-electron chi connectivity index (χ4n) is 4.49. The summed E-state index contributed by atoms with van der Waals surface area (Å²) in [5, 5.41) is 11.6.